The van der Waals surface area contributed by atoms with Crippen LogP contribution < -0.4 is 0 Å². The smallest absolute Gasteiger partial charge is 0.164 e. The van der Waals surface area contributed by atoms with Crippen LogP contribution in [0.15, 0.2) is 24.3 Å². The summed E-state index contributed by atoms with van der Waals surface area (Å²) in [5, 5.41) is 1.08. The molecule has 2 heteroatoms. The lowest BCUT2D eigenvalue weighted by Crippen LogP contribution is -2.12. The molecule has 2 nitrogen and oxygen atoms in total. The second-order valence-electron chi connectivity index (χ2n) is 4.46. The number of rotatable bonds is 0. The lowest BCUT2D eigenvalue weighted by molar-refractivity contribution is 0.0972. The van der Waals surface area contributed by atoms with E-state index in [0.29, 0.717) is 6.42 Å². The minimum atomic E-state index is 0.247. The van der Waals surface area contributed by atoms with Crippen molar-refractivity contribution in [2.24, 2.45) is 0 Å². The first-order chi connectivity index (χ1) is 7.74. The van der Waals surface area contributed by atoms with Gasteiger partial charge in [-0.05, 0) is 38.0 Å². The third kappa shape index (κ3) is 1.42. The van der Waals surface area contributed by atoms with Gasteiger partial charge in [-0.15, -0.1) is 0 Å². The number of carbonyl (C=O) groups excluding carboxylic acids is 1. The van der Waals surface area contributed by atoms with E-state index < -0.39 is 0 Å². The Kier molecular flexibility index (Phi) is 2.03. The minimum absolute atomic E-state index is 0.247. The van der Waals surface area contributed by atoms with Gasteiger partial charge in [-0.25, -0.2) is 0 Å². The van der Waals surface area contributed by atoms with E-state index in [0.717, 1.165) is 35.0 Å². The quantitative estimate of drug-likeness (QED) is 0.670. The topological polar surface area (TPSA) is 30.0 Å². The third-order valence-electron chi connectivity index (χ3n) is 3.17. The van der Waals surface area contributed by atoms with Gasteiger partial charge in [-0.3, -0.25) is 9.78 Å². The molecular formula is C14H13NO. The molecular weight excluding hydrogens is 198 g/mol. The van der Waals surface area contributed by atoms with E-state index in [4.69, 9.17) is 0 Å². The summed E-state index contributed by atoms with van der Waals surface area (Å²) in [6.45, 7) is 2.06. The van der Waals surface area contributed by atoms with Crippen LogP contribution in [0.2, 0.25) is 0 Å². The van der Waals surface area contributed by atoms with Crippen molar-refractivity contribution >= 4 is 16.7 Å². The Balaban J connectivity index is 2.30. The second kappa shape index (κ2) is 3.41. The average molecular weight is 211 g/mol. The molecule has 16 heavy (non-hydrogen) atoms. The summed E-state index contributed by atoms with van der Waals surface area (Å²) in [6, 6.07) is 8.19. The van der Waals surface area contributed by atoms with Crippen molar-refractivity contribution in [2.45, 2.75) is 26.2 Å². The monoisotopic (exact) mass is 211 g/mol. The fourth-order valence-corrected chi connectivity index (χ4v) is 2.32. The van der Waals surface area contributed by atoms with Gasteiger partial charge in [0.05, 0.1) is 11.2 Å². The Hall–Kier alpha value is -1.70. The predicted octanol–water partition coefficient (Wildman–Crippen LogP) is 3.06. The molecule has 80 valence electrons. The van der Waals surface area contributed by atoms with Crippen molar-refractivity contribution < 1.29 is 4.79 Å². The molecule has 2 aromatic rings. The molecule has 1 aromatic carbocycles. The highest BCUT2D eigenvalue weighted by atomic mass is 16.1. The molecule has 0 spiro atoms. The maximum atomic E-state index is 11.8. The van der Waals surface area contributed by atoms with E-state index in [1.165, 1.54) is 5.56 Å². The molecule has 0 amide bonds. The van der Waals surface area contributed by atoms with Crippen LogP contribution in [0.1, 0.15) is 34.5 Å². The fraction of sp³-hybridized carbons (Fsp3) is 0.286. The van der Waals surface area contributed by atoms with Crippen molar-refractivity contribution in [1.82, 2.24) is 4.98 Å². The Bertz CT molecular complexity index is 587. The zero-order valence-corrected chi connectivity index (χ0v) is 9.29. The van der Waals surface area contributed by atoms with Crippen molar-refractivity contribution in [2.75, 3.05) is 0 Å². The highest BCUT2D eigenvalue weighted by Gasteiger charge is 2.18. The van der Waals surface area contributed by atoms with Gasteiger partial charge in [0.25, 0.3) is 0 Å². The Morgan fingerprint density at radius 1 is 1.19 bits per heavy atom. The standard InChI is InChI=1S/C14H13NO/c1-9-5-6-12-10(7-9)8-11-13(15-12)3-2-4-14(11)16/h5-8H,2-4H2,1H3. The van der Waals surface area contributed by atoms with Crippen molar-refractivity contribution in [3.05, 3.63) is 41.1 Å². The number of hydrogen-bond donors (Lipinski definition) is 0. The molecule has 0 unspecified atom stereocenters. The Labute approximate surface area is 94.3 Å². The summed E-state index contributed by atoms with van der Waals surface area (Å²) < 4.78 is 0. The van der Waals surface area contributed by atoms with Gasteiger partial charge in [0.1, 0.15) is 0 Å². The number of pyridine rings is 1. The van der Waals surface area contributed by atoms with E-state index in [2.05, 4.69) is 24.0 Å². The van der Waals surface area contributed by atoms with Gasteiger partial charge in [0.2, 0.25) is 0 Å². The number of aryl methyl sites for hydroxylation is 2. The molecule has 0 aliphatic heterocycles. The first-order valence-electron chi connectivity index (χ1n) is 5.67. The summed E-state index contributed by atoms with van der Waals surface area (Å²) in [4.78, 5) is 16.4. The molecule has 0 saturated heterocycles. The number of nitrogens with zero attached hydrogens (tertiary/aromatic N) is 1. The zero-order valence-electron chi connectivity index (χ0n) is 9.29. The normalized spacial score (nSPS) is 15.2. The van der Waals surface area contributed by atoms with E-state index in [9.17, 15) is 4.79 Å². The molecule has 1 aliphatic carbocycles. The van der Waals surface area contributed by atoms with Crippen LogP contribution >= 0.6 is 0 Å². The van der Waals surface area contributed by atoms with E-state index >= 15 is 0 Å². The number of aromatic nitrogens is 1. The summed E-state index contributed by atoms with van der Waals surface area (Å²) in [6.07, 6.45) is 2.55. The highest BCUT2D eigenvalue weighted by Crippen LogP contribution is 2.24. The van der Waals surface area contributed by atoms with Crippen LogP contribution in [0.4, 0.5) is 0 Å². The van der Waals surface area contributed by atoms with E-state index in [-0.39, 0.29) is 5.78 Å². The van der Waals surface area contributed by atoms with Gasteiger partial charge >= 0.3 is 0 Å². The van der Waals surface area contributed by atoms with Gasteiger partial charge < -0.3 is 0 Å². The number of fused-ring (bicyclic) bond motifs is 2. The average Bonchev–Trinajstić information content (AvgIpc) is 2.28. The molecule has 0 atom stereocenters. The zero-order chi connectivity index (χ0) is 11.1. The highest BCUT2D eigenvalue weighted by molar-refractivity contribution is 6.01. The molecule has 3 rings (SSSR count). The van der Waals surface area contributed by atoms with Crippen molar-refractivity contribution in [3.63, 3.8) is 0 Å². The van der Waals surface area contributed by atoms with Gasteiger partial charge in [-0.2, -0.15) is 0 Å². The fourth-order valence-electron chi connectivity index (χ4n) is 2.32. The largest absolute Gasteiger partial charge is 0.294 e. The van der Waals surface area contributed by atoms with Gasteiger partial charge in [0, 0.05) is 17.4 Å². The molecule has 0 bridgehead atoms. The molecule has 0 fully saturated rings. The van der Waals surface area contributed by atoms with Crippen LogP contribution in [0.3, 0.4) is 0 Å². The van der Waals surface area contributed by atoms with Crippen LogP contribution in [-0.2, 0) is 6.42 Å². The molecule has 1 heterocycles. The third-order valence-corrected chi connectivity index (χ3v) is 3.17. The van der Waals surface area contributed by atoms with Gasteiger partial charge in [0.15, 0.2) is 5.78 Å². The first-order valence-corrected chi connectivity index (χ1v) is 5.67. The molecule has 1 aromatic heterocycles. The summed E-state index contributed by atoms with van der Waals surface area (Å²) in [5.41, 5.74) is 4.02. The van der Waals surface area contributed by atoms with Gasteiger partial charge in [-0.1, -0.05) is 11.6 Å². The molecule has 0 N–H and O–H groups in total. The maximum absolute atomic E-state index is 11.8. The Morgan fingerprint density at radius 3 is 2.94 bits per heavy atom. The number of benzene rings is 1. The van der Waals surface area contributed by atoms with Crippen LogP contribution in [0.5, 0.6) is 0 Å². The van der Waals surface area contributed by atoms with E-state index in [1.54, 1.807) is 0 Å². The van der Waals surface area contributed by atoms with Crippen LogP contribution in [0, 0.1) is 6.92 Å². The SMILES string of the molecule is Cc1ccc2nc3c(cc2c1)C(=O)CCC3. The molecule has 0 saturated carbocycles. The van der Waals surface area contributed by atoms with E-state index in [1.807, 2.05) is 12.1 Å². The minimum Gasteiger partial charge on any atom is -0.294 e. The number of ketones is 1. The van der Waals surface area contributed by atoms with Crippen LogP contribution in [0.25, 0.3) is 10.9 Å². The lowest BCUT2D eigenvalue weighted by Gasteiger charge is -2.14. The van der Waals surface area contributed by atoms with Crippen molar-refractivity contribution in [3.8, 4) is 0 Å². The maximum Gasteiger partial charge on any atom is 0.164 e. The van der Waals surface area contributed by atoms with Crippen LogP contribution in [-0.4, -0.2) is 10.8 Å². The number of carbonyl (C=O) groups is 1. The summed E-state index contributed by atoms with van der Waals surface area (Å²) >= 11 is 0. The lowest BCUT2D eigenvalue weighted by atomic mass is 9.93. The molecule has 1 aliphatic rings. The summed E-state index contributed by atoms with van der Waals surface area (Å²) in [7, 11) is 0. The number of Topliss-reactive ketones (excluding diaryl/α,β-unsaturated/α-hetero) is 1. The molecule has 0 radical (unpaired) electrons. The summed E-state index contributed by atoms with van der Waals surface area (Å²) in [5.74, 6) is 0.247. The van der Waals surface area contributed by atoms with Crippen molar-refractivity contribution in [1.29, 1.82) is 0 Å². The predicted molar refractivity (Wildman–Crippen MR) is 63.7 cm³/mol. The first kappa shape index (κ1) is 9.52. The Morgan fingerprint density at radius 2 is 2.06 bits per heavy atom. The number of hydrogen-bond acceptors (Lipinski definition) is 2. The second-order valence-corrected chi connectivity index (χ2v) is 4.46.